The molecule has 2 aliphatic heterocycles. The number of hydrogen-bond donors (Lipinski definition) is 7. The first-order chi connectivity index (χ1) is 17.2. The van der Waals surface area contributed by atoms with E-state index in [9.17, 15) is 30.3 Å². The molecular formula is C23H41NO12. The third-order valence-corrected chi connectivity index (χ3v) is 7.46. The van der Waals surface area contributed by atoms with Crippen molar-refractivity contribution in [1.82, 2.24) is 5.32 Å². The molecule has 2 heterocycles. The summed E-state index contributed by atoms with van der Waals surface area (Å²) in [5.41, 5.74) is 0. The van der Waals surface area contributed by atoms with Gasteiger partial charge >= 0.3 is 6.09 Å². The van der Waals surface area contributed by atoms with Gasteiger partial charge in [0.1, 0.15) is 36.6 Å². The fraction of sp³-hybridized carbons (Fsp3) is 0.957. The Morgan fingerprint density at radius 1 is 0.917 bits per heavy atom. The van der Waals surface area contributed by atoms with E-state index in [1.165, 1.54) is 7.05 Å². The number of amides is 1. The van der Waals surface area contributed by atoms with E-state index in [4.69, 9.17) is 28.8 Å². The molecule has 3 rings (SSSR count). The summed E-state index contributed by atoms with van der Waals surface area (Å²) in [5, 5.41) is 63.3. The Kier molecular flexibility index (Phi) is 11.1. The van der Waals surface area contributed by atoms with Crippen LogP contribution in [-0.2, 0) is 23.7 Å². The maximum atomic E-state index is 11.6. The van der Waals surface area contributed by atoms with Gasteiger partial charge in [-0.15, -0.1) is 0 Å². The molecule has 0 radical (unpaired) electrons. The lowest BCUT2D eigenvalue weighted by molar-refractivity contribution is -0.339. The molecule has 0 bridgehead atoms. The second kappa shape index (κ2) is 13.6. The number of nitrogens with one attached hydrogen (secondary N) is 1. The molecular weight excluding hydrogens is 482 g/mol. The van der Waals surface area contributed by atoms with Gasteiger partial charge in [0.25, 0.3) is 0 Å². The fourth-order valence-electron chi connectivity index (χ4n) is 5.19. The van der Waals surface area contributed by atoms with Crippen LogP contribution in [0, 0.1) is 11.8 Å². The molecule has 36 heavy (non-hydrogen) atoms. The number of aliphatic hydroxyl groups excluding tert-OH is 6. The van der Waals surface area contributed by atoms with Crippen LogP contribution >= 0.6 is 0 Å². The van der Waals surface area contributed by atoms with Crippen molar-refractivity contribution in [1.29, 1.82) is 0 Å². The Morgan fingerprint density at radius 2 is 1.61 bits per heavy atom. The standard InChI is InChI=1S/C23H41NO12/c1-11-20(35-22-19(30)18(29)21(15(10-26)34-22)36-23(31)24-2)17(28)16(27)14(33-11)9-13-4-3-12(13)5-7-32-8-6-25/h11-22,25-30H,3-10H2,1-2H3,(H,24,31)/t11?,12?,13?,14-,15+,16+,17-,18+,19-,20+,21+,22+/m0/s1. The van der Waals surface area contributed by atoms with Crippen molar-refractivity contribution in [2.24, 2.45) is 11.8 Å². The van der Waals surface area contributed by atoms with Crippen molar-refractivity contribution in [2.75, 3.05) is 33.5 Å². The van der Waals surface area contributed by atoms with Gasteiger partial charge in [-0.25, -0.2) is 4.79 Å². The first-order valence-electron chi connectivity index (χ1n) is 12.6. The highest BCUT2D eigenvalue weighted by Gasteiger charge is 2.51. The molecule has 1 saturated carbocycles. The van der Waals surface area contributed by atoms with E-state index in [0.717, 1.165) is 19.3 Å². The number of alkyl carbamates (subject to hydrolysis) is 1. The summed E-state index contributed by atoms with van der Waals surface area (Å²) in [6.07, 6.45) is -9.74. The molecule has 0 aromatic carbocycles. The van der Waals surface area contributed by atoms with E-state index >= 15 is 0 Å². The molecule has 3 aliphatic rings. The summed E-state index contributed by atoms with van der Waals surface area (Å²) >= 11 is 0. The van der Waals surface area contributed by atoms with Crippen LogP contribution in [0.25, 0.3) is 0 Å². The summed E-state index contributed by atoms with van der Waals surface area (Å²) in [7, 11) is 1.32. The Labute approximate surface area is 210 Å². The molecule has 3 unspecified atom stereocenters. The molecule has 0 spiro atoms. The Bertz CT molecular complexity index is 683. The Morgan fingerprint density at radius 3 is 2.22 bits per heavy atom. The van der Waals surface area contributed by atoms with Crippen LogP contribution in [0.15, 0.2) is 0 Å². The number of carbonyl (C=O) groups is 1. The first-order valence-corrected chi connectivity index (χ1v) is 12.6. The average Bonchev–Trinajstić information content (AvgIpc) is 2.86. The summed E-state index contributed by atoms with van der Waals surface area (Å²) in [6.45, 7) is 1.89. The second-order valence-corrected chi connectivity index (χ2v) is 9.75. The summed E-state index contributed by atoms with van der Waals surface area (Å²) in [5.74, 6) is 0.744. The van der Waals surface area contributed by atoms with Gasteiger partial charge in [-0.3, -0.25) is 0 Å². The van der Waals surface area contributed by atoms with Crippen LogP contribution in [0.2, 0.25) is 0 Å². The van der Waals surface area contributed by atoms with Gasteiger partial charge in [-0.1, -0.05) is 0 Å². The monoisotopic (exact) mass is 523 g/mol. The maximum absolute atomic E-state index is 11.6. The van der Waals surface area contributed by atoms with Crippen LogP contribution in [0.1, 0.15) is 32.6 Å². The predicted octanol–water partition coefficient (Wildman–Crippen LogP) is -2.14. The van der Waals surface area contributed by atoms with Gasteiger partial charge in [0.05, 0.1) is 32.0 Å². The molecule has 0 aromatic heterocycles. The highest BCUT2D eigenvalue weighted by Crippen LogP contribution is 2.42. The average molecular weight is 524 g/mol. The summed E-state index contributed by atoms with van der Waals surface area (Å²) in [4.78, 5) is 11.6. The molecule has 3 fully saturated rings. The highest BCUT2D eigenvalue weighted by molar-refractivity contribution is 5.67. The molecule has 1 amide bonds. The van der Waals surface area contributed by atoms with Crippen molar-refractivity contribution in [3.8, 4) is 0 Å². The zero-order valence-electron chi connectivity index (χ0n) is 20.7. The van der Waals surface area contributed by atoms with Crippen molar-refractivity contribution < 1.29 is 59.1 Å². The van der Waals surface area contributed by atoms with Crippen LogP contribution in [0.3, 0.4) is 0 Å². The van der Waals surface area contributed by atoms with Crippen molar-refractivity contribution in [2.45, 2.75) is 93.8 Å². The van der Waals surface area contributed by atoms with Crippen LogP contribution in [0.4, 0.5) is 4.79 Å². The highest BCUT2D eigenvalue weighted by atomic mass is 16.7. The van der Waals surface area contributed by atoms with E-state index in [1.54, 1.807) is 6.92 Å². The third-order valence-electron chi connectivity index (χ3n) is 7.46. The molecule has 7 N–H and O–H groups in total. The lowest BCUT2D eigenvalue weighted by Crippen LogP contribution is -2.64. The summed E-state index contributed by atoms with van der Waals surface area (Å²) < 4.78 is 27.6. The number of carbonyl (C=O) groups excluding carboxylic acids is 1. The smallest absolute Gasteiger partial charge is 0.407 e. The second-order valence-electron chi connectivity index (χ2n) is 9.75. The summed E-state index contributed by atoms with van der Waals surface area (Å²) in [6, 6.07) is 0. The van der Waals surface area contributed by atoms with Crippen LogP contribution in [-0.4, -0.2) is 131 Å². The molecule has 13 nitrogen and oxygen atoms in total. The molecule has 210 valence electrons. The number of rotatable bonds is 11. The van der Waals surface area contributed by atoms with Gasteiger partial charge in [-0.2, -0.15) is 0 Å². The SMILES string of the molecule is CNC(=O)O[C@H]1[C@H](O)[C@H](O)[C@@H](O[C@@H]2C(C)O[C@@H](CC3CCC3CCOCCO)[C@@H](O)[C@@H]2O)O[C@@H]1CO. The first kappa shape index (κ1) is 29.4. The number of aliphatic hydroxyl groups is 6. The van der Waals surface area contributed by atoms with Gasteiger partial charge in [0, 0.05) is 13.7 Å². The zero-order chi connectivity index (χ0) is 26.4. The van der Waals surface area contributed by atoms with Gasteiger partial charge in [-0.05, 0) is 44.4 Å². The topological polar surface area (TPSA) is 197 Å². The molecule has 0 aromatic rings. The van der Waals surface area contributed by atoms with Gasteiger partial charge < -0.3 is 59.6 Å². The number of ether oxygens (including phenoxy) is 5. The quantitative estimate of drug-likeness (QED) is 0.145. The van der Waals surface area contributed by atoms with E-state index < -0.39 is 73.9 Å². The minimum atomic E-state index is -1.67. The normalized spacial score (nSPS) is 43.0. The fourth-order valence-corrected chi connectivity index (χ4v) is 5.19. The van der Waals surface area contributed by atoms with Crippen LogP contribution < -0.4 is 5.32 Å². The van der Waals surface area contributed by atoms with Crippen LogP contribution in [0.5, 0.6) is 0 Å². The molecule has 1 aliphatic carbocycles. The third kappa shape index (κ3) is 6.84. The lowest BCUT2D eigenvalue weighted by atomic mass is 9.68. The van der Waals surface area contributed by atoms with E-state index in [2.05, 4.69) is 5.32 Å². The predicted molar refractivity (Wildman–Crippen MR) is 122 cm³/mol. The number of hydrogen-bond acceptors (Lipinski definition) is 12. The Balaban J connectivity index is 1.55. The van der Waals surface area contributed by atoms with Crippen molar-refractivity contribution >= 4 is 6.09 Å². The van der Waals surface area contributed by atoms with Crippen molar-refractivity contribution in [3.05, 3.63) is 0 Å². The maximum Gasteiger partial charge on any atom is 0.407 e. The Hall–Kier alpha value is -1.13. The van der Waals surface area contributed by atoms with Crippen molar-refractivity contribution in [3.63, 3.8) is 0 Å². The molecule has 12 atom stereocenters. The van der Waals surface area contributed by atoms with E-state index in [-0.39, 0.29) is 6.61 Å². The largest absolute Gasteiger partial charge is 0.440 e. The zero-order valence-corrected chi connectivity index (χ0v) is 20.7. The molecule has 2 saturated heterocycles. The minimum absolute atomic E-state index is 0.0118. The lowest BCUT2D eigenvalue weighted by Gasteiger charge is -2.47. The van der Waals surface area contributed by atoms with Gasteiger partial charge in [0.2, 0.25) is 0 Å². The minimum Gasteiger partial charge on any atom is -0.440 e. The van der Waals surface area contributed by atoms with E-state index in [0.29, 0.717) is 31.5 Å². The molecule has 13 heteroatoms. The van der Waals surface area contributed by atoms with Gasteiger partial charge in [0.15, 0.2) is 12.4 Å². The van der Waals surface area contributed by atoms with E-state index in [1.807, 2.05) is 0 Å².